The maximum absolute atomic E-state index is 13.2. The van der Waals surface area contributed by atoms with Gasteiger partial charge in [0, 0.05) is 35.9 Å². The van der Waals surface area contributed by atoms with Crippen LogP contribution >= 0.6 is 0 Å². The first-order chi connectivity index (χ1) is 19.4. The number of amides is 2. The molecule has 4 aromatic rings. The van der Waals surface area contributed by atoms with Gasteiger partial charge in [-0.1, -0.05) is 66.7 Å². The average molecular weight is 539 g/mol. The molecule has 0 saturated carbocycles. The van der Waals surface area contributed by atoms with Crippen LogP contribution in [0.1, 0.15) is 35.4 Å². The number of fused-ring (bicyclic) bond motifs is 4. The molecule has 9 heteroatoms. The van der Waals surface area contributed by atoms with E-state index in [-0.39, 0.29) is 31.8 Å². The summed E-state index contributed by atoms with van der Waals surface area (Å²) in [5.74, 6) is -1.89. The van der Waals surface area contributed by atoms with Gasteiger partial charge < -0.3 is 25.5 Å². The predicted octanol–water partition coefficient (Wildman–Crippen LogP) is 4.08. The van der Waals surface area contributed by atoms with Crippen molar-refractivity contribution in [3.8, 4) is 11.1 Å². The van der Waals surface area contributed by atoms with Gasteiger partial charge in [0.2, 0.25) is 12.2 Å². The Morgan fingerprint density at radius 3 is 2.25 bits per heavy atom. The molecule has 0 bridgehead atoms. The Balaban J connectivity index is 1.31. The molecule has 0 saturated heterocycles. The van der Waals surface area contributed by atoms with Gasteiger partial charge in [0.15, 0.2) is 0 Å². The number of rotatable bonds is 11. The topological polar surface area (TPSA) is 138 Å². The fraction of sp³-hybridized carbons (Fsp3) is 0.226. The van der Waals surface area contributed by atoms with E-state index < -0.39 is 30.1 Å². The zero-order valence-electron chi connectivity index (χ0n) is 21.6. The molecule has 0 spiro atoms. The van der Waals surface area contributed by atoms with Crippen molar-refractivity contribution in [3.05, 3.63) is 95.7 Å². The lowest BCUT2D eigenvalue weighted by molar-refractivity contribution is -0.137. The number of benzene rings is 3. The van der Waals surface area contributed by atoms with Crippen LogP contribution in [-0.4, -0.2) is 53.0 Å². The van der Waals surface area contributed by atoms with Crippen LogP contribution in [0.25, 0.3) is 22.0 Å². The van der Waals surface area contributed by atoms with Crippen molar-refractivity contribution in [2.45, 2.75) is 37.3 Å². The molecule has 203 valence electrons. The zero-order chi connectivity index (χ0) is 28.1. The van der Waals surface area contributed by atoms with E-state index in [0.717, 1.165) is 38.7 Å². The fourth-order valence-electron chi connectivity index (χ4n) is 5.21. The Kier molecular flexibility index (Phi) is 7.91. The van der Waals surface area contributed by atoms with E-state index in [1.807, 2.05) is 72.8 Å². The highest BCUT2D eigenvalue weighted by Gasteiger charge is 2.30. The quantitative estimate of drug-likeness (QED) is 0.227. The number of alkyl carbamates (subject to hydrolysis) is 1. The number of H-pyrrole nitrogens is 1. The molecule has 1 radical (unpaired) electrons. The molecule has 1 aliphatic rings. The molecule has 9 nitrogen and oxygen atoms in total. The largest absolute Gasteiger partial charge is 0.481 e. The third kappa shape index (κ3) is 5.73. The van der Waals surface area contributed by atoms with E-state index in [1.165, 1.54) is 0 Å². The molecule has 0 aliphatic heterocycles. The maximum Gasteiger partial charge on any atom is 0.407 e. The number of hydrogen-bond donors (Lipinski definition) is 4. The van der Waals surface area contributed by atoms with Crippen molar-refractivity contribution < 1.29 is 29.0 Å². The van der Waals surface area contributed by atoms with Crippen LogP contribution < -0.4 is 10.6 Å². The van der Waals surface area contributed by atoms with Crippen molar-refractivity contribution in [1.82, 2.24) is 15.6 Å². The Hall–Kier alpha value is -4.92. The van der Waals surface area contributed by atoms with E-state index in [1.54, 1.807) is 12.5 Å². The van der Waals surface area contributed by atoms with E-state index in [4.69, 9.17) is 9.84 Å². The SMILES string of the molecule is O=[C][C@H](CCC(=O)O)NC(=O)[C@H](Cc1c[nH]c2ccccc12)NC(=O)OCC1c2ccccc2-c2ccccc21. The van der Waals surface area contributed by atoms with Crippen molar-refractivity contribution in [3.63, 3.8) is 0 Å². The van der Waals surface area contributed by atoms with Gasteiger partial charge in [0.1, 0.15) is 12.6 Å². The summed E-state index contributed by atoms with van der Waals surface area (Å²) in [4.78, 5) is 51.7. The summed E-state index contributed by atoms with van der Waals surface area (Å²) in [5, 5.41) is 15.0. The summed E-state index contributed by atoms with van der Waals surface area (Å²) < 4.78 is 5.64. The number of ether oxygens (including phenoxy) is 1. The number of aromatic amines is 1. The van der Waals surface area contributed by atoms with E-state index >= 15 is 0 Å². The van der Waals surface area contributed by atoms with Gasteiger partial charge in [-0.05, 0) is 40.3 Å². The highest BCUT2D eigenvalue weighted by atomic mass is 16.5. The molecule has 0 fully saturated rings. The van der Waals surface area contributed by atoms with Gasteiger partial charge in [0.25, 0.3) is 0 Å². The molecule has 2 amide bonds. The molecule has 1 aromatic heterocycles. The minimum Gasteiger partial charge on any atom is -0.481 e. The second kappa shape index (κ2) is 11.9. The van der Waals surface area contributed by atoms with E-state index in [9.17, 15) is 19.2 Å². The minimum atomic E-state index is -1.13. The Morgan fingerprint density at radius 2 is 1.57 bits per heavy atom. The fourth-order valence-corrected chi connectivity index (χ4v) is 5.21. The van der Waals surface area contributed by atoms with Gasteiger partial charge in [-0.3, -0.25) is 14.4 Å². The van der Waals surface area contributed by atoms with Crippen LogP contribution in [0.4, 0.5) is 4.79 Å². The number of carbonyl (C=O) groups is 3. The molecular formula is C31H28N3O6. The molecule has 1 aliphatic carbocycles. The summed E-state index contributed by atoms with van der Waals surface area (Å²) in [6.45, 7) is 0.0740. The average Bonchev–Trinajstić information content (AvgIpc) is 3.52. The smallest absolute Gasteiger partial charge is 0.407 e. The van der Waals surface area contributed by atoms with Crippen molar-refractivity contribution in [1.29, 1.82) is 0 Å². The van der Waals surface area contributed by atoms with Gasteiger partial charge in [-0.15, -0.1) is 0 Å². The minimum absolute atomic E-state index is 0.0740. The van der Waals surface area contributed by atoms with Crippen molar-refractivity contribution >= 4 is 35.2 Å². The van der Waals surface area contributed by atoms with Crippen molar-refractivity contribution in [2.24, 2.45) is 0 Å². The lowest BCUT2D eigenvalue weighted by atomic mass is 9.98. The van der Waals surface area contributed by atoms with Crippen LogP contribution in [0.5, 0.6) is 0 Å². The van der Waals surface area contributed by atoms with Gasteiger partial charge in [-0.25, -0.2) is 4.79 Å². The zero-order valence-corrected chi connectivity index (χ0v) is 21.6. The molecular weight excluding hydrogens is 510 g/mol. The van der Waals surface area contributed by atoms with Crippen LogP contribution in [0, 0.1) is 0 Å². The van der Waals surface area contributed by atoms with E-state index in [0.29, 0.717) is 0 Å². The molecule has 4 N–H and O–H groups in total. The number of aromatic nitrogens is 1. The first kappa shape index (κ1) is 26.7. The second-order valence-electron chi connectivity index (χ2n) is 9.70. The predicted molar refractivity (Wildman–Crippen MR) is 148 cm³/mol. The number of carboxylic acids is 1. The number of para-hydroxylation sites is 1. The molecule has 5 rings (SSSR count). The Bertz CT molecular complexity index is 1520. The normalized spacial score (nSPS) is 13.6. The first-order valence-corrected chi connectivity index (χ1v) is 13.0. The monoisotopic (exact) mass is 538 g/mol. The Labute approximate surface area is 230 Å². The van der Waals surface area contributed by atoms with Gasteiger partial charge >= 0.3 is 12.1 Å². The van der Waals surface area contributed by atoms with Crippen molar-refractivity contribution in [2.75, 3.05) is 6.61 Å². The lowest BCUT2D eigenvalue weighted by Gasteiger charge is -2.21. The number of aliphatic carboxylic acids is 1. The summed E-state index contributed by atoms with van der Waals surface area (Å²) >= 11 is 0. The van der Waals surface area contributed by atoms with Gasteiger partial charge in [-0.2, -0.15) is 0 Å². The van der Waals surface area contributed by atoms with Crippen LogP contribution in [-0.2, 0) is 25.5 Å². The molecule has 0 unspecified atom stereocenters. The molecule has 3 aromatic carbocycles. The lowest BCUT2D eigenvalue weighted by Crippen LogP contribution is -2.51. The summed E-state index contributed by atoms with van der Waals surface area (Å²) in [6.07, 6.45) is 2.34. The number of carbonyl (C=O) groups excluding carboxylic acids is 3. The first-order valence-electron chi connectivity index (χ1n) is 13.0. The molecule has 2 atom stereocenters. The third-order valence-corrected chi connectivity index (χ3v) is 7.16. The van der Waals surface area contributed by atoms with Crippen LogP contribution in [0.3, 0.4) is 0 Å². The summed E-state index contributed by atoms with van der Waals surface area (Å²) in [7, 11) is 0. The highest BCUT2D eigenvalue weighted by molar-refractivity contribution is 5.90. The molecule has 40 heavy (non-hydrogen) atoms. The molecule has 1 heterocycles. The van der Waals surface area contributed by atoms with Gasteiger partial charge in [0.05, 0.1) is 6.04 Å². The maximum atomic E-state index is 13.2. The van der Waals surface area contributed by atoms with Crippen LogP contribution in [0.15, 0.2) is 79.0 Å². The van der Waals surface area contributed by atoms with Crippen LogP contribution in [0.2, 0.25) is 0 Å². The highest BCUT2D eigenvalue weighted by Crippen LogP contribution is 2.44. The Morgan fingerprint density at radius 1 is 0.925 bits per heavy atom. The second-order valence-corrected chi connectivity index (χ2v) is 9.70. The van der Waals surface area contributed by atoms with E-state index in [2.05, 4.69) is 15.6 Å². The standard InChI is InChI=1S/C31H28N3O6/c35-17-20(13-14-29(36)37)33-30(38)28(15-19-16-32-27-12-6-5-7-21(19)27)34-31(39)40-18-26-24-10-3-1-8-22(24)23-9-2-4-11-25(23)26/h1-12,16,20,26,28,32H,13-15,18H2,(H,33,38)(H,34,39)(H,36,37)/t20-,28-/m0/s1. The summed E-state index contributed by atoms with van der Waals surface area (Å²) in [5.41, 5.74) is 5.98. The third-order valence-electron chi connectivity index (χ3n) is 7.16. The number of hydrogen-bond acceptors (Lipinski definition) is 5. The number of carboxylic acid groups (broad SMARTS) is 1. The number of nitrogens with one attached hydrogen (secondary N) is 3. The summed E-state index contributed by atoms with van der Waals surface area (Å²) in [6, 6.07) is 21.3.